The highest BCUT2D eigenvalue weighted by Crippen LogP contribution is 2.19. The summed E-state index contributed by atoms with van der Waals surface area (Å²) >= 11 is 0. The summed E-state index contributed by atoms with van der Waals surface area (Å²) in [6, 6.07) is 4.64. The summed E-state index contributed by atoms with van der Waals surface area (Å²) in [5, 5.41) is 8.67. The summed E-state index contributed by atoms with van der Waals surface area (Å²) < 4.78 is 5.10. The maximum atomic E-state index is 10.6. The first-order valence-electron chi connectivity index (χ1n) is 4.30. The Bertz CT molecular complexity index is 505. The molecule has 2 heterocycles. The highest BCUT2D eigenvalue weighted by atomic mass is 16.4. The van der Waals surface area contributed by atoms with Crippen molar-refractivity contribution in [2.75, 3.05) is 0 Å². The van der Waals surface area contributed by atoms with Crippen LogP contribution in [0.25, 0.3) is 11.5 Å². The third-order valence-electron chi connectivity index (χ3n) is 1.85. The second kappa shape index (κ2) is 3.53. The normalized spacial score (nSPS) is 10.2. The van der Waals surface area contributed by atoms with Crippen LogP contribution in [0, 0.1) is 6.92 Å². The van der Waals surface area contributed by atoms with Crippen molar-refractivity contribution in [3.8, 4) is 11.5 Å². The van der Waals surface area contributed by atoms with E-state index in [0.717, 1.165) is 0 Å². The Morgan fingerprint density at radius 3 is 2.80 bits per heavy atom. The van der Waals surface area contributed by atoms with Gasteiger partial charge in [0.15, 0.2) is 5.76 Å². The van der Waals surface area contributed by atoms with E-state index in [1.54, 1.807) is 25.3 Å². The Morgan fingerprint density at radius 1 is 1.40 bits per heavy atom. The van der Waals surface area contributed by atoms with Gasteiger partial charge < -0.3 is 9.52 Å². The number of carbonyl (C=O) groups is 1. The van der Waals surface area contributed by atoms with Crippen LogP contribution in [0.4, 0.5) is 0 Å². The smallest absolute Gasteiger partial charge is 0.371 e. The van der Waals surface area contributed by atoms with Gasteiger partial charge in [0, 0.05) is 6.20 Å². The zero-order chi connectivity index (χ0) is 10.8. The van der Waals surface area contributed by atoms with Gasteiger partial charge in [0.25, 0.3) is 0 Å². The topological polar surface area (TPSA) is 76.2 Å². The van der Waals surface area contributed by atoms with E-state index >= 15 is 0 Å². The summed E-state index contributed by atoms with van der Waals surface area (Å²) in [6.45, 7) is 1.75. The van der Waals surface area contributed by atoms with Crippen molar-refractivity contribution in [2.24, 2.45) is 0 Å². The molecule has 0 unspecified atom stereocenters. The number of aryl methyl sites for hydroxylation is 1. The predicted molar refractivity (Wildman–Crippen MR) is 51.4 cm³/mol. The minimum absolute atomic E-state index is 0.0961. The lowest BCUT2D eigenvalue weighted by Crippen LogP contribution is -1.92. The molecule has 5 heteroatoms. The van der Waals surface area contributed by atoms with E-state index in [1.165, 1.54) is 6.07 Å². The lowest BCUT2D eigenvalue weighted by Gasteiger charge is -1.96. The average molecular weight is 204 g/mol. The fraction of sp³-hybridized carbons (Fsp3) is 0.100. The minimum atomic E-state index is -1.09. The van der Waals surface area contributed by atoms with Gasteiger partial charge in [-0.2, -0.15) is 0 Å². The van der Waals surface area contributed by atoms with Crippen LogP contribution in [-0.4, -0.2) is 21.0 Å². The molecule has 0 bridgehead atoms. The summed E-state index contributed by atoms with van der Waals surface area (Å²) in [5.41, 5.74) is 0.579. The number of carboxylic acids is 1. The van der Waals surface area contributed by atoms with Crippen LogP contribution >= 0.6 is 0 Å². The molecule has 0 aliphatic rings. The van der Waals surface area contributed by atoms with Gasteiger partial charge in [-0.1, -0.05) is 0 Å². The van der Waals surface area contributed by atoms with E-state index in [4.69, 9.17) is 9.52 Å². The molecule has 76 valence electrons. The van der Waals surface area contributed by atoms with Crippen LogP contribution in [0.3, 0.4) is 0 Å². The van der Waals surface area contributed by atoms with Gasteiger partial charge >= 0.3 is 5.97 Å². The number of furan rings is 1. The Balaban J connectivity index is 2.41. The molecule has 0 aliphatic heterocycles. The largest absolute Gasteiger partial charge is 0.475 e. The van der Waals surface area contributed by atoms with Crippen molar-refractivity contribution < 1.29 is 14.3 Å². The first kappa shape index (κ1) is 9.39. The Labute approximate surface area is 85.4 Å². The fourth-order valence-electron chi connectivity index (χ4n) is 1.18. The Morgan fingerprint density at radius 2 is 2.20 bits per heavy atom. The van der Waals surface area contributed by atoms with E-state index < -0.39 is 5.97 Å². The summed E-state index contributed by atoms with van der Waals surface area (Å²) in [4.78, 5) is 18.6. The highest BCUT2D eigenvalue weighted by molar-refractivity contribution is 5.85. The van der Waals surface area contributed by atoms with E-state index in [2.05, 4.69) is 9.97 Å². The van der Waals surface area contributed by atoms with Gasteiger partial charge in [-0.15, -0.1) is 0 Å². The number of hydrogen-bond acceptors (Lipinski definition) is 4. The monoisotopic (exact) mass is 204 g/mol. The lowest BCUT2D eigenvalue weighted by molar-refractivity contribution is 0.0663. The van der Waals surface area contributed by atoms with Crippen molar-refractivity contribution >= 4 is 5.97 Å². The van der Waals surface area contributed by atoms with Crippen LogP contribution in [0.15, 0.2) is 28.8 Å². The number of carboxylic acid groups (broad SMARTS) is 1. The molecule has 0 aromatic carbocycles. The molecule has 1 N–H and O–H groups in total. The molecule has 15 heavy (non-hydrogen) atoms. The lowest BCUT2D eigenvalue weighted by atomic mass is 10.3. The molecular formula is C10H8N2O3. The van der Waals surface area contributed by atoms with E-state index in [1.807, 2.05) is 0 Å². The predicted octanol–water partition coefficient (Wildman–Crippen LogP) is 1.74. The molecule has 0 saturated carbocycles. The molecule has 0 aliphatic carbocycles. The molecule has 0 saturated heterocycles. The maximum absolute atomic E-state index is 10.6. The summed E-state index contributed by atoms with van der Waals surface area (Å²) in [6.07, 6.45) is 1.60. The fourth-order valence-corrected chi connectivity index (χ4v) is 1.18. The molecule has 0 amide bonds. The van der Waals surface area contributed by atoms with Gasteiger partial charge in [0.2, 0.25) is 5.76 Å². The van der Waals surface area contributed by atoms with Crippen LogP contribution in [0.1, 0.15) is 16.4 Å². The summed E-state index contributed by atoms with van der Waals surface area (Å²) in [7, 11) is 0. The zero-order valence-corrected chi connectivity index (χ0v) is 7.97. The SMILES string of the molecule is Cc1nccc(-c2ccc(C(=O)O)o2)n1. The van der Waals surface area contributed by atoms with E-state index in [9.17, 15) is 4.79 Å². The van der Waals surface area contributed by atoms with Crippen molar-refractivity contribution in [1.29, 1.82) is 0 Å². The molecule has 2 aromatic heterocycles. The van der Waals surface area contributed by atoms with Crippen molar-refractivity contribution in [2.45, 2.75) is 6.92 Å². The van der Waals surface area contributed by atoms with Crippen molar-refractivity contribution in [3.63, 3.8) is 0 Å². The molecule has 0 atom stereocenters. The number of nitrogens with zero attached hydrogens (tertiary/aromatic N) is 2. The molecule has 5 nitrogen and oxygen atoms in total. The molecule has 2 aromatic rings. The highest BCUT2D eigenvalue weighted by Gasteiger charge is 2.10. The molecular weight excluding hydrogens is 196 g/mol. The first-order valence-corrected chi connectivity index (χ1v) is 4.30. The van der Waals surface area contributed by atoms with Crippen molar-refractivity contribution in [1.82, 2.24) is 9.97 Å². The number of aromatic carboxylic acids is 1. The van der Waals surface area contributed by atoms with Gasteiger partial charge in [-0.3, -0.25) is 0 Å². The summed E-state index contributed by atoms with van der Waals surface area (Å²) in [5.74, 6) is -0.146. The van der Waals surface area contributed by atoms with Crippen LogP contribution in [0.5, 0.6) is 0 Å². The number of aromatic nitrogens is 2. The van der Waals surface area contributed by atoms with Gasteiger partial charge in [0.05, 0.1) is 0 Å². The van der Waals surface area contributed by atoms with Gasteiger partial charge in [0.1, 0.15) is 11.5 Å². The van der Waals surface area contributed by atoms with Gasteiger partial charge in [-0.05, 0) is 25.1 Å². The Hall–Kier alpha value is -2.17. The standard InChI is InChI=1S/C10H8N2O3/c1-6-11-5-4-7(12-6)8-2-3-9(15-8)10(13)14/h2-5H,1H3,(H,13,14). The second-order valence-electron chi connectivity index (χ2n) is 2.96. The third-order valence-corrected chi connectivity index (χ3v) is 1.85. The number of rotatable bonds is 2. The number of hydrogen-bond donors (Lipinski definition) is 1. The van der Waals surface area contributed by atoms with Crippen LogP contribution in [-0.2, 0) is 0 Å². The maximum Gasteiger partial charge on any atom is 0.371 e. The van der Waals surface area contributed by atoms with E-state index in [-0.39, 0.29) is 5.76 Å². The van der Waals surface area contributed by atoms with E-state index in [0.29, 0.717) is 17.3 Å². The van der Waals surface area contributed by atoms with Crippen LogP contribution in [0.2, 0.25) is 0 Å². The quantitative estimate of drug-likeness (QED) is 0.806. The minimum Gasteiger partial charge on any atom is -0.475 e. The van der Waals surface area contributed by atoms with Crippen LogP contribution < -0.4 is 0 Å². The van der Waals surface area contributed by atoms with Gasteiger partial charge in [-0.25, -0.2) is 14.8 Å². The molecule has 0 fully saturated rings. The Kier molecular flexibility index (Phi) is 2.21. The average Bonchev–Trinajstić information content (AvgIpc) is 2.66. The van der Waals surface area contributed by atoms with Crippen molar-refractivity contribution in [3.05, 3.63) is 36.0 Å². The third kappa shape index (κ3) is 1.85. The zero-order valence-electron chi connectivity index (χ0n) is 7.97. The first-order chi connectivity index (χ1) is 7.16. The molecule has 0 spiro atoms. The second-order valence-corrected chi connectivity index (χ2v) is 2.96. The molecule has 0 radical (unpaired) electrons. The molecule has 2 rings (SSSR count).